The summed E-state index contributed by atoms with van der Waals surface area (Å²) in [6.45, 7) is 13.2. The van der Waals surface area contributed by atoms with Crippen molar-refractivity contribution in [2.45, 2.75) is 110 Å². The smallest absolute Gasteiger partial charge is 0.437 e. The van der Waals surface area contributed by atoms with Crippen molar-refractivity contribution < 1.29 is 14.0 Å². The van der Waals surface area contributed by atoms with Crippen molar-refractivity contribution in [2.24, 2.45) is 0 Å². The van der Waals surface area contributed by atoms with Gasteiger partial charge in [0.05, 0.1) is 22.2 Å². The number of rotatable bonds is 10. The standard InChI is InChI=1S/C66H64B2N3O3/c1-64(2)60-19-13-12-18-56(60)57-35-32-55(42-61(57)64)71-62-36-33-53(69(49-28-22-47(23-29-49)67-72-7)51-26-20-43-14-8-10-16-45(43)38-51)40-58(62)59-41-54(34-37-63(59)71)70(52-27-21-44-15-9-11-17-46(44)39-52)50-30-24-48(25-31-50)68-73-65(3,4)66(5,6)74-68/h12-13,18-42H,8-11,14-17H2,1-7H3. The molecule has 3 aliphatic carbocycles. The lowest BCUT2D eigenvalue weighted by atomic mass is 9.79. The van der Waals surface area contributed by atoms with E-state index in [-0.39, 0.29) is 5.41 Å². The molecule has 1 aromatic heterocycles. The fourth-order valence-corrected chi connectivity index (χ4v) is 12.6. The van der Waals surface area contributed by atoms with Crippen molar-refractivity contribution in [3.63, 3.8) is 0 Å². The average Bonchev–Trinajstić information content (AvgIpc) is 3.96. The number of aryl methyl sites for hydroxylation is 4. The van der Waals surface area contributed by atoms with Crippen LogP contribution in [0.15, 0.2) is 164 Å². The Kier molecular flexibility index (Phi) is 11.4. The molecule has 9 aromatic rings. The highest BCUT2D eigenvalue weighted by atomic mass is 16.7. The average molecular weight is 969 g/mol. The first-order chi connectivity index (χ1) is 35.8. The number of benzene rings is 8. The molecule has 0 saturated carbocycles. The van der Waals surface area contributed by atoms with Gasteiger partial charge < -0.3 is 28.3 Å². The summed E-state index contributed by atoms with van der Waals surface area (Å²) in [5, 5.41) is 2.38. The molecule has 4 aliphatic rings. The van der Waals surface area contributed by atoms with E-state index in [0.29, 0.717) is 0 Å². The minimum Gasteiger partial charge on any atom is -0.437 e. The summed E-state index contributed by atoms with van der Waals surface area (Å²) < 4.78 is 21.0. The topological polar surface area (TPSA) is 39.1 Å². The normalized spacial score (nSPS) is 16.9. The lowest BCUT2D eigenvalue weighted by Crippen LogP contribution is -2.41. The van der Waals surface area contributed by atoms with E-state index < -0.39 is 18.3 Å². The van der Waals surface area contributed by atoms with Gasteiger partial charge in [0.1, 0.15) is 0 Å². The molecular weight excluding hydrogens is 904 g/mol. The zero-order valence-corrected chi connectivity index (χ0v) is 44.0. The Morgan fingerprint density at radius 2 is 0.946 bits per heavy atom. The Morgan fingerprint density at radius 3 is 1.50 bits per heavy atom. The van der Waals surface area contributed by atoms with Gasteiger partial charge in [-0.3, -0.25) is 0 Å². The maximum Gasteiger partial charge on any atom is 0.494 e. The van der Waals surface area contributed by atoms with Crippen molar-refractivity contribution in [3.8, 4) is 16.8 Å². The molecule has 1 aliphatic heterocycles. The molecule has 1 radical (unpaired) electrons. The van der Waals surface area contributed by atoms with Crippen LogP contribution in [-0.2, 0) is 45.1 Å². The third kappa shape index (κ3) is 7.83. The van der Waals surface area contributed by atoms with Crippen molar-refractivity contribution in [1.29, 1.82) is 0 Å². The second kappa shape index (κ2) is 17.9. The Morgan fingerprint density at radius 1 is 0.473 bits per heavy atom. The van der Waals surface area contributed by atoms with Crippen LogP contribution in [0.25, 0.3) is 38.6 Å². The van der Waals surface area contributed by atoms with Crippen molar-refractivity contribution in [2.75, 3.05) is 16.9 Å². The number of anilines is 6. The molecule has 0 amide bonds. The van der Waals surface area contributed by atoms with E-state index >= 15 is 0 Å². The summed E-state index contributed by atoms with van der Waals surface area (Å²) in [6.07, 6.45) is 9.43. The van der Waals surface area contributed by atoms with Gasteiger partial charge in [-0.2, -0.15) is 0 Å². The zero-order chi connectivity index (χ0) is 50.5. The van der Waals surface area contributed by atoms with Gasteiger partial charge in [0.2, 0.25) is 0 Å². The second-order valence-electron chi connectivity index (χ2n) is 22.8. The largest absolute Gasteiger partial charge is 0.494 e. The first-order valence-corrected chi connectivity index (χ1v) is 26.9. The highest BCUT2D eigenvalue weighted by Gasteiger charge is 2.51. The minimum atomic E-state index is -0.440. The van der Waals surface area contributed by atoms with E-state index in [1.54, 1.807) is 14.6 Å². The van der Waals surface area contributed by atoms with Crippen LogP contribution >= 0.6 is 0 Å². The highest BCUT2D eigenvalue weighted by Crippen LogP contribution is 2.50. The second-order valence-corrected chi connectivity index (χ2v) is 22.8. The fourth-order valence-electron chi connectivity index (χ4n) is 12.6. The highest BCUT2D eigenvalue weighted by molar-refractivity contribution is 6.62. The summed E-state index contributed by atoms with van der Waals surface area (Å²) in [5.74, 6) is 0. The maximum absolute atomic E-state index is 6.54. The molecule has 1 fully saturated rings. The van der Waals surface area contributed by atoms with Gasteiger partial charge in [0.25, 0.3) is 0 Å². The third-order valence-corrected chi connectivity index (χ3v) is 17.3. The van der Waals surface area contributed by atoms with E-state index in [9.17, 15) is 0 Å². The number of nitrogens with zero attached hydrogens (tertiary/aromatic N) is 3. The van der Waals surface area contributed by atoms with E-state index in [2.05, 4.69) is 220 Å². The van der Waals surface area contributed by atoms with E-state index in [0.717, 1.165) is 81.8 Å². The molecule has 0 spiro atoms. The Hall–Kier alpha value is -6.83. The molecule has 367 valence electrons. The Labute approximate surface area is 438 Å². The summed E-state index contributed by atoms with van der Waals surface area (Å²) in [7, 11) is 3.06. The molecule has 6 nitrogen and oxygen atoms in total. The maximum atomic E-state index is 6.54. The van der Waals surface area contributed by atoms with E-state index in [4.69, 9.17) is 14.0 Å². The SMILES string of the molecule is CO[B]c1ccc(N(c2ccc3c(c2)CCCC3)c2ccc3c(c2)c2cc(N(c4ccc(B5OC(C)(C)C(C)(C)O5)cc4)c4ccc5c(c4)CCCC5)ccc2n3-c2ccc3c(c2)C(C)(C)c2ccccc2-3)cc1. The lowest BCUT2D eigenvalue weighted by Gasteiger charge is -2.32. The van der Waals surface area contributed by atoms with Gasteiger partial charge in [0, 0.05) is 63.1 Å². The van der Waals surface area contributed by atoms with Crippen LogP contribution in [0.3, 0.4) is 0 Å². The molecule has 0 unspecified atom stereocenters. The van der Waals surface area contributed by atoms with Crippen molar-refractivity contribution in [1.82, 2.24) is 4.57 Å². The quantitative estimate of drug-likeness (QED) is 0.128. The van der Waals surface area contributed by atoms with Crippen LogP contribution in [0.1, 0.15) is 101 Å². The lowest BCUT2D eigenvalue weighted by molar-refractivity contribution is 0.00578. The summed E-state index contributed by atoms with van der Waals surface area (Å²) in [6, 6.07) is 62.1. The summed E-state index contributed by atoms with van der Waals surface area (Å²) >= 11 is 0. The predicted octanol–water partition coefficient (Wildman–Crippen LogP) is 15.0. The molecule has 0 N–H and O–H groups in total. The van der Waals surface area contributed by atoms with Crippen molar-refractivity contribution >= 4 is 81.5 Å². The summed E-state index contributed by atoms with van der Waals surface area (Å²) in [5.41, 5.74) is 22.5. The number of hydrogen-bond acceptors (Lipinski definition) is 5. The fraction of sp³-hybridized carbons (Fsp3) is 0.273. The molecule has 8 heteroatoms. The van der Waals surface area contributed by atoms with Crippen LogP contribution in [-0.4, -0.2) is 37.5 Å². The third-order valence-electron chi connectivity index (χ3n) is 17.3. The van der Waals surface area contributed by atoms with Gasteiger partial charge in [-0.05, 0) is 226 Å². The Balaban J connectivity index is 1.01. The first-order valence-electron chi connectivity index (χ1n) is 26.9. The molecule has 1 saturated heterocycles. The molecular formula is C66H64B2N3O3. The molecule has 74 heavy (non-hydrogen) atoms. The van der Waals surface area contributed by atoms with Gasteiger partial charge in [0.15, 0.2) is 0 Å². The van der Waals surface area contributed by atoms with E-state index in [1.807, 2.05) is 0 Å². The van der Waals surface area contributed by atoms with Gasteiger partial charge in [-0.25, -0.2) is 0 Å². The first kappa shape index (κ1) is 46.9. The number of aromatic nitrogens is 1. The molecule has 0 bridgehead atoms. The van der Waals surface area contributed by atoms with Crippen LogP contribution < -0.4 is 20.7 Å². The number of fused-ring (bicyclic) bond motifs is 8. The summed E-state index contributed by atoms with van der Waals surface area (Å²) in [4.78, 5) is 4.89. The molecule has 8 aromatic carbocycles. The van der Waals surface area contributed by atoms with Gasteiger partial charge >= 0.3 is 14.6 Å². The van der Waals surface area contributed by atoms with Gasteiger partial charge in [-0.1, -0.05) is 86.0 Å². The Bertz CT molecular complexity index is 3630. The van der Waals surface area contributed by atoms with Crippen LogP contribution in [0.4, 0.5) is 34.1 Å². The monoisotopic (exact) mass is 969 g/mol. The van der Waals surface area contributed by atoms with Crippen LogP contribution in [0.5, 0.6) is 0 Å². The molecule has 0 atom stereocenters. The van der Waals surface area contributed by atoms with Crippen LogP contribution in [0, 0.1) is 0 Å². The zero-order valence-electron chi connectivity index (χ0n) is 44.0. The van der Waals surface area contributed by atoms with Crippen LogP contribution in [0.2, 0.25) is 0 Å². The van der Waals surface area contributed by atoms with E-state index in [1.165, 1.54) is 86.7 Å². The number of hydrogen-bond donors (Lipinski definition) is 0. The van der Waals surface area contributed by atoms with Crippen molar-refractivity contribution in [3.05, 3.63) is 197 Å². The molecule has 2 heterocycles. The predicted molar refractivity (Wildman–Crippen MR) is 309 cm³/mol. The minimum absolute atomic E-state index is 0.139. The van der Waals surface area contributed by atoms with Gasteiger partial charge in [-0.15, -0.1) is 0 Å². The molecule has 13 rings (SSSR count).